The molecule has 3 aromatic rings. The van der Waals surface area contributed by atoms with Crippen LogP contribution in [0.4, 0.5) is 4.39 Å². The van der Waals surface area contributed by atoms with E-state index in [-0.39, 0.29) is 5.82 Å². The Morgan fingerprint density at radius 2 is 1.79 bits per heavy atom. The molecule has 0 fully saturated rings. The fourth-order valence-electron chi connectivity index (χ4n) is 1.95. The van der Waals surface area contributed by atoms with E-state index in [1.54, 1.807) is 6.07 Å². The SMILES string of the molecule is Fc1cc2[nH]c(=S)n(-c3ccc(Br)cc3)c2cc1Br. The summed E-state index contributed by atoms with van der Waals surface area (Å²) in [5.41, 5.74) is 2.44. The summed E-state index contributed by atoms with van der Waals surface area (Å²) in [5.74, 6) is -0.313. The normalized spacial score (nSPS) is 11.1. The highest BCUT2D eigenvalue weighted by Gasteiger charge is 2.10. The molecule has 0 radical (unpaired) electrons. The van der Waals surface area contributed by atoms with Crippen molar-refractivity contribution < 1.29 is 4.39 Å². The molecule has 0 saturated heterocycles. The molecule has 96 valence electrons. The van der Waals surface area contributed by atoms with Crippen molar-refractivity contribution in [1.82, 2.24) is 9.55 Å². The highest BCUT2D eigenvalue weighted by atomic mass is 79.9. The Balaban J connectivity index is 2.34. The highest BCUT2D eigenvalue weighted by molar-refractivity contribution is 9.10. The van der Waals surface area contributed by atoms with Gasteiger partial charge in [-0.05, 0) is 58.5 Å². The van der Waals surface area contributed by atoms with Gasteiger partial charge in [0, 0.05) is 16.2 Å². The predicted octanol–water partition coefficient (Wildman–Crippen LogP) is 5.35. The lowest BCUT2D eigenvalue weighted by Gasteiger charge is -2.05. The van der Waals surface area contributed by atoms with Crippen LogP contribution in [0.15, 0.2) is 45.3 Å². The quantitative estimate of drug-likeness (QED) is 0.545. The first kappa shape index (κ1) is 13.0. The molecule has 6 heteroatoms. The van der Waals surface area contributed by atoms with E-state index in [2.05, 4.69) is 36.8 Å². The van der Waals surface area contributed by atoms with Gasteiger partial charge in [-0.15, -0.1) is 0 Å². The zero-order valence-corrected chi connectivity index (χ0v) is 13.4. The zero-order chi connectivity index (χ0) is 13.6. The topological polar surface area (TPSA) is 20.7 Å². The number of H-pyrrole nitrogens is 1. The van der Waals surface area contributed by atoms with E-state index < -0.39 is 0 Å². The van der Waals surface area contributed by atoms with Gasteiger partial charge >= 0.3 is 0 Å². The first-order valence-corrected chi connectivity index (χ1v) is 7.41. The van der Waals surface area contributed by atoms with Crippen molar-refractivity contribution >= 4 is 55.1 Å². The summed E-state index contributed by atoms with van der Waals surface area (Å²) >= 11 is 11.9. The van der Waals surface area contributed by atoms with Crippen molar-refractivity contribution in [2.24, 2.45) is 0 Å². The Hall–Kier alpha value is -0.980. The summed E-state index contributed by atoms with van der Waals surface area (Å²) in [6.45, 7) is 0. The molecule has 0 atom stereocenters. The fraction of sp³-hybridized carbons (Fsp3) is 0. The van der Waals surface area contributed by atoms with Gasteiger partial charge in [-0.25, -0.2) is 4.39 Å². The summed E-state index contributed by atoms with van der Waals surface area (Å²) in [6.07, 6.45) is 0. The minimum absolute atomic E-state index is 0.313. The van der Waals surface area contributed by atoms with Gasteiger partial charge in [0.25, 0.3) is 0 Å². The van der Waals surface area contributed by atoms with Gasteiger partial charge in [0.15, 0.2) is 4.77 Å². The van der Waals surface area contributed by atoms with Crippen molar-refractivity contribution in [3.8, 4) is 5.69 Å². The molecule has 1 heterocycles. The van der Waals surface area contributed by atoms with Crippen molar-refractivity contribution in [3.05, 3.63) is 55.9 Å². The number of halogens is 3. The predicted molar refractivity (Wildman–Crippen MR) is 83.8 cm³/mol. The molecule has 0 aliphatic rings. The molecular weight excluding hydrogens is 395 g/mol. The Morgan fingerprint density at radius 3 is 2.47 bits per heavy atom. The lowest BCUT2D eigenvalue weighted by atomic mass is 10.3. The van der Waals surface area contributed by atoms with E-state index in [4.69, 9.17) is 12.2 Å². The summed E-state index contributed by atoms with van der Waals surface area (Å²) < 4.78 is 17.4. The summed E-state index contributed by atoms with van der Waals surface area (Å²) in [5, 5.41) is 0. The average molecular weight is 402 g/mol. The molecule has 1 N–H and O–H groups in total. The second-order valence-electron chi connectivity index (χ2n) is 4.03. The number of hydrogen-bond acceptors (Lipinski definition) is 1. The number of nitrogens with zero attached hydrogens (tertiary/aromatic N) is 1. The van der Waals surface area contributed by atoms with Crippen LogP contribution in [0.5, 0.6) is 0 Å². The van der Waals surface area contributed by atoms with Gasteiger partial charge in [0.2, 0.25) is 0 Å². The maximum Gasteiger partial charge on any atom is 0.182 e. The van der Waals surface area contributed by atoms with Crippen LogP contribution in [0.3, 0.4) is 0 Å². The minimum Gasteiger partial charge on any atom is -0.330 e. The molecular formula is C13H7Br2FN2S. The van der Waals surface area contributed by atoms with Crippen molar-refractivity contribution in [1.29, 1.82) is 0 Å². The number of hydrogen-bond donors (Lipinski definition) is 1. The number of aromatic nitrogens is 2. The highest BCUT2D eigenvalue weighted by Crippen LogP contribution is 2.26. The zero-order valence-electron chi connectivity index (χ0n) is 9.45. The number of rotatable bonds is 1. The standard InChI is InChI=1S/C13H7Br2FN2S/c14-7-1-3-8(4-2-7)18-12-5-9(15)10(16)6-11(12)17-13(18)19/h1-6H,(H,17,19). The molecule has 0 saturated carbocycles. The third kappa shape index (κ3) is 2.28. The van der Waals surface area contributed by atoms with Crippen LogP contribution >= 0.6 is 44.1 Å². The van der Waals surface area contributed by atoms with Crippen molar-refractivity contribution in [3.63, 3.8) is 0 Å². The average Bonchev–Trinajstić information content (AvgIpc) is 2.67. The Bertz CT molecular complexity index is 821. The minimum atomic E-state index is -0.313. The van der Waals surface area contributed by atoms with Crippen LogP contribution in [-0.4, -0.2) is 9.55 Å². The summed E-state index contributed by atoms with van der Waals surface area (Å²) in [4.78, 5) is 3.01. The number of benzene rings is 2. The molecule has 19 heavy (non-hydrogen) atoms. The number of nitrogens with one attached hydrogen (secondary N) is 1. The Morgan fingerprint density at radius 1 is 1.11 bits per heavy atom. The van der Waals surface area contributed by atoms with Gasteiger partial charge in [-0.3, -0.25) is 4.57 Å². The third-order valence-electron chi connectivity index (χ3n) is 2.81. The molecule has 0 spiro atoms. The summed E-state index contributed by atoms with van der Waals surface area (Å²) in [7, 11) is 0. The maximum atomic E-state index is 13.5. The Kier molecular flexibility index (Phi) is 3.32. The number of imidazole rings is 1. The Labute approximate surface area is 130 Å². The van der Waals surface area contributed by atoms with E-state index in [0.29, 0.717) is 14.8 Å². The molecule has 0 bridgehead atoms. The first-order chi connectivity index (χ1) is 9.06. The monoisotopic (exact) mass is 400 g/mol. The largest absolute Gasteiger partial charge is 0.330 e. The molecule has 0 aliphatic heterocycles. The van der Waals surface area contributed by atoms with E-state index in [9.17, 15) is 4.39 Å². The smallest absolute Gasteiger partial charge is 0.182 e. The van der Waals surface area contributed by atoms with Crippen LogP contribution in [0.25, 0.3) is 16.7 Å². The van der Waals surface area contributed by atoms with Crippen LogP contribution in [0.1, 0.15) is 0 Å². The first-order valence-electron chi connectivity index (χ1n) is 5.42. The maximum absolute atomic E-state index is 13.5. The lowest BCUT2D eigenvalue weighted by molar-refractivity contribution is 0.623. The lowest BCUT2D eigenvalue weighted by Crippen LogP contribution is -1.93. The van der Waals surface area contributed by atoms with Crippen LogP contribution < -0.4 is 0 Å². The van der Waals surface area contributed by atoms with Crippen molar-refractivity contribution in [2.75, 3.05) is 0 Å². The van der Waals surface area contributed by atoms with Crippen molar-refractivity contribution in [2.45, 2.75) is 0 Å². The summed E-state index contributed by atoms with van der Waals surface area (Å²) in [6, 6.07) is 10.9. The second-order valence-corrected chi connectivity index (χ2v) is 6.18. The van der Waals surface area contributed by atoms with E-state index in [1.165, 1.54) is 6.07 Å². The van der Waals surface area contributed by atoms with E-state index in [0.717, 1.165) is 15.7 Å². The van der Waals surface area contributed by atoms with Crippen LogP contribution in [0.2, 0.25) is 0 Å². The molecule has 2 nitrogen and oxygen atoms in total. The van der Waals surface area contributed by atoms with E-state index >= 15 is 0 Å². The molecule has 0 amide bonds. The van der Waals surface area contributed by atoms with Gasteiger partial charge in [-0.1, -0.05) is 15.9 Å². The van der Waals surface area contributed by atoms with E-state index in [1.807, 2.05) is 28.8 Å². The van der Waals surface area contributed by atoms with Crippen LogP contribution in [-0.2, 0) is 0 Å². The van der Waals surface area contributed by atoms with Gasteiger partial charge in [0.1, 0.15) is 5.82 Å². The van der Waals surface area contributed by atoms with Crippen LogP contribution in [0, 0.1) is 10.6 Å². The molecule has 0 unspecified atom stereocenters. The number of fused-ring (bicyclic) bond motifs is 1. The van der Waals surface area contributed by atoms with Gasteiger partial charge in [0.05, 0.1) is 15.5 Å². The number of aromatic amines is 1. The molecule has 3 rings (SSSR count). The molecule has 0 aliphatic carbocycles. The van der Waals surface area contributed by atoms with Gasteiger partial charge in [-0.2, -0.15) is 0 Å². The fourth-order valence-corrected chi connectivity index (χ4v) is 2.86. The molecule has 1 aromatic heterocycles. The van der Waals surface area contributed by atoms with Gasteiger partial charge < -0.3 is 4.98 Å². The second kappa shape index (κ2) is 4.85. The third-order valence-corrected chi connectivity index (χ3v) is 4.23. The molecule has 2 aromatic carbocycles.